The van der Waals surface area contributed by atoms with Crippen molar-refractivity contribution in [3.63, 3.8) is 0 Å². The van der Waals surface area contributed by atoms with Crippen molar-refractivity contribution in [2.75, 3.05) is 6.67 Å². The van der Waals surface area contributed by atoms with Crippen LogP contribution in [0.15, 0.2) is 24.3 Å². The number of hydrogen-bond donors (Lipinski definition) is 1. The molecular weight excluding hydrogens is 202 g/mol. The van der Waals surface area contributed by atoms with Gasteiger partial charge in [0, 0.05) is 5.56 Å². The first-order valence-electron chi connectivity index (χ1n) is 4.74. The second kappa shape index (κ2) is 3.45. The molecule has 1 aromatic carbocycles. The summed E-state index contributed by atoms with van der Waals surface area (Å²) in [6, 6.07) is 6.54. The van der Waals surface area contributed by atoms with E-state index in [0.717, 1.165) is 0 Å². The average molecular weight is 214 g/mol. The molecule has 0 aliphatic carbocycles. The number of fused-ring (bicyclic) bond motifs is 1. The van der Waals surface area contributed by atoms with E-state index in [1.54, 1.807) is 24.3 Å². The third-order valence-corrected chi connectivity index (χ3v) is 2.71. The molecule has 2 rings (SSSR count). The Hall–Kier alpha value is -1.16. The molecule has 0 radical (unpaired) electrons. The van der Waals surface area contributed by atoms with Gasteiger partial charge in [-0.2, -0.15) is 0 Å². The van der Waals surface area contributed by atoms with Gasteiger partial charge in [0.25, 0.3) is 0 Å². The van der Waals surface area contributed by atoms with Crippen LogP contribution in [0.5, 0.6) is 5.75 Å². The minimum atomic E-state index is -1.75. The van der Waals surface area contributed by atoms with Gasteiger partial charge in [-0.25, -0.2) is 8.78 Å². The van der Waals surface area contributed by atoms with Crippen molar-refractivity contribution in [1.29, 1.82) is 0 Å². The van der Waals surface area contributed by atoms with Gasteiger partial charge < -0.3 is 9.84 Å². The van der Waals surface area contributed by atoms with Crippen LogP contribution in [-0.4, -0.2) is 23.6 Å². The lowest BCUT2D eigenvalue weighted by atomic mass is 9.89. The number of aliphatic hydroxyl groups excluding tert-OH is 1. The summed E-state index contributed by atoms with van der Waals surface area (Å²) in [5.74, 6) is 0.346. The summed E-state index contributed by atoms with van der Waals surface area (Å²) in [4.78, 5) is 0. The second-order valence-electron chi connectivity index (χ2n) is 3.93. The molecule has 0 fully saturated rings. The highest BCUT2D eigenvalue weighted by Crippen LogP contribution is 2.41. The average Bonchev–Trinajstić information content (AvgIpc) is 2.26. The van der Waals surface area contributed by atoms with Crippen molar-refractivity contribution >= 4 is 0 Å². The van der Waals surface area contributed by atoms with Crippen LogP contribution in [0.3, 0.4) is 0 Å². The molecule has 0 amide bonds. The van der Waals surface area contributed by atoms with Gasteiger partial charge in [-0.3, -0.25) is 0 Å². The van der Waals surface area contributed by atoms with Crippen LogP contribution in [0, 0.1) is 0 Å². The lowest BCUT2D eigenvalue weighted by Gasteiger charge is -2.39. The number of halogens is 2. The minimum absolute atomic E-state index is 0.346. The van der Waals surface area contributed by atoms with E-state index in [-0.39, 0.29) is 0 Å². The topological polar surface area (TPSA) is 29.5 Å². The Labute approximate surface area is 86.5 Å². The van der Waals surface area contributed by atoms with E-state index in [1.807, 2.05) is 0 Å². The highest BCUT2D eigenvalue weighted by Gasteiger charge is 2.47. The van der Waals surface area contributed by atoms with E-state index in [4.69, 9.17) is 4.74 Å². The lowest BCUT2D eigenvalue weighted by Crippen LogP contribution is -2.50. The SMILES string of the molecule is CC1(CF)Oc2ccccc2C(O)C1F. The number of hydrogen-bond acceptors (Lipinski definition) is 2. The number of ether oxygens (including phenoxy) is 1. The molecule has 0 saturated heterocycles. The fraction of sp³-hybridized carbons (Fsp3) is 0.455. The van der Waals surface area contributed by atoms with Crippen LogP contribution in [0.4, 0.5) is 8.78 Å². The van der Waals surface area contributed by atoms with Crippen LogP contribution in [0.25, 0.3) is 0 Å². The van der Waals surface area contributed by atoms with Gasteiger partial charge in [-0.1, -0.05) is 18.2 Å². The molecule has 0 saturated carbocycles. The van der Waals surface area contributed by atoms with Crippen LogP contribution >= 0.6 is 0 Å². The summed E-state index contributed by atoms with van der Waals surface area (Å²) in [7, 11) is 0. The van der Waals surface area contributed by atoms with Crippen molar-refractivity contribution in [1.82, 2.24) is 0 Å². The van der Waals surface area contributed by atoms with Gasteiger partial charge in [0.05, 0.1) is 0 Å². The summed E-state index contributed by atoms with van der Waals surface area (Å²) in [6.45, 7) is 0.344. The molecular formula is C11H12F2O2. The summed E-state index contributed by atoms with van der Waals surface area (Å²) in [6.07, 6.45) is -3.08. The zero-order chi connectivity index (χ0) is 11.1. The maximum Gasteiger partial charge on any atom is 0.172 e. The predicted octanol–water partition coefficient (Wildman–Crippen LogP) is 2.18. The maximum absolute atomic E-state index is 13.7. The zero-order valence-corrected chi connectivity index (χ0v) is 8.28. The molecule has 0 spiro atoms. The first kappa shape index (κ1) is 10.4. The van der Waals surface area contributed by atoms with Gasteiger partial charge >= 0.3 is 0 Å². The number of benzene rings is 1. The standard InChI is InChI=1S/C11H12F2O2/c1-11(6-12)10(13)9(14)7-4-2-3-5-8(7)15-11/h2-5,9-10,14H,6H2,1H3. The highest BCUT2D eigenvalue weighted by atomic mass is 19.1. The molecule has 15 heavy (non-hydrogen) atoms. The first-order chi connectivity index (χ1) is 7.08. The monoisotopic (exact) mass is 214 g/mol. The van der Waals surface area contributed by atoms with Gasteiger partial charge in [0.15, 0.2) is 11.8 Å². The Bertz CT molecular complexity index is 369. The smallest absolute Gasteiger partial charge is 0.172 e. The van der Waals surface area contributed by atoms with Gasteiger partial charge in [0.2, 0.25) is 0 Å². The summed E-state index contributed by atoms with van der Waals surface area (Å²) < 4.78 is 31.6. The second-order valence-corrected chi connectivity index (χ2v) is 3.93. The third-order valence-electron chi connectivity index (χ3n) is 2.71. The van der Waals surface area contributed by atoms with Gasteiger partial charge in [-0.05, 0) is 13.0 Å². The minimum Gasteiger partial charge on any atom is -0.481 e. The highest BCUT2D eigenvalue weighted by molar-refractivity contribution is 5.39. The molecule has 1 heterocycles. The molecule has 1 N–H and O–H groups in total. The number of aliphatic hydroxyl groups is 1. The quantitative estimate of drug-likeness (QED) is 0.776. The largest absolute Gasteiger partial charge is 0.481 e. The molecule has 1 aromatic rings. The fourth-order valence-corrected chi connectivity index (χ4v) is 1.72. The Morgan fingerprint density at radius 1 is 1.47 bits per heavy atom. The van der Waals surface area contributed by atoms with Crippen molar-refractivity contribution in [3.05, 3.63) is 29.8 Å². The van der Waals surface area contributed by atoms with E-state index in [2.05, 4.69) is 0 Å². The number of rotatable bonds is 1. The molecule has 2 nitrogen and oxygen atoms in total. The van der Waals surface area contributed by atoms with E-state index in [9.17, 15) is 13.9 Å². The summed E-state index contributed by atoms with van der Waals surface area (Å²) in [5, 5.41) is 9.67. The van der Waals surface area contributed by atoms with Crippen molar-refractivity contribution < 1.29 is 18.6 Å². The van der Waals surface area contributed by atoms with Crippen molar-refractivity contribution in [3.8, 4) is 5.75 Å². The molecule has 3 atom stereocenters. The Morgan fingerprint density at radius 3 is 2.80 bits per heavy atom. The third kappa shape index (κ3) is 1.49. The van der Waals surface area contributed by atoms with Crippen molar-refractivity contribution in [2.24, 2.45) is 0 Å². The first-order valence-corrected chi connectivity index (χ1v) is 4.74. The van der Waals surface area contributed by atoms with E-state index in [1.165, 1.54) is 6.92 Å². The van der Waals surface area contributed by atoms with Crippen LogP contribution in [0.2, 0.25) is 0 Å². The Balaban J connectivity index is 2.45. The number of alkyl halides is 2. The molecule has 82 valence electrons. The van der Waals surface area contributed by atoms with Gasteiger partial charge in [-0.15, -0.1) is 0 Å². The molecule has 1 aliphatic heterocycles. The Kier molecular flexibility index (Phi) is 2.38. The fourth-order valence-electron chi connectivity index (χ4n) is 1.72. The molecule has 0 bridgehead atoms. The normalized spacial score (nSPS) is 34.4. The van der Waals surface area contributed by atoms with E-state index in [0.29, 0.717) is 11.3 Å². The Morgan fingerprint density at radius 2 is 2.13 bits per heavy atom. The van der Waals surface area contributed by atoms with E-state index >= 15 is 0 Å². The summed E-state index contributed by atoms with van der Waals surface area (Å²) in [5.41, 5.74) is -1.22. The van der Waals surface area contributed by atoms with E-state index < -0.39 is 24.6 Å². The number of para-hydroxylation sites is 1. The summed E-state index contributed by atoms with van der Waals surface area (Å²) >= 11 is 0. The van der Waals surface area contributed by atoms with Crippen LogP contribution in [-0.2, 0) is 0 Å². The van der Waals surface area contributed by atoms with Crippen molar-refractivity contribution in [2.45, 2.75) is 24.8 Å². The lowest BCUT2D eigenvalue weighted by molar-refractivity contribution is -0.0904. The van der Waals surface area contributed by atoms with Crippen LogP contribution < -0.4 is 4.74 Å². The molecule has 0 aromatic heterocycles. The zero-order valence-electron chi connectivity index (χ0n) is 8.28. The molecule has 1 aliphatic rings. The predicted molar refractivity (Wildman–Crippen MR) is 51.3 cm³/mol. The van der Waals surface area contributed by atoms with Gasteiger partial charge in [0.1, 0.15) is 18.5 Å². The van der Waals surface area contributed by atoms with Crippen LogP contribution in [0.1, 0.15) is 18.6 Å². The maximum atomic E-state index is 13.7. The molecule has 3 unspecified atom stereocenters. The molecule has 4 heteroatoms.